The molecule has 1 aromatic carbocycles. The van der Waals surface area contributed by atoms with Gasteiger partial charge in [-0.05, 0) is 30.0 Å². The Balaban J connectivity index is 1.53. The van der Waals surface area contributed by atoms with Crippen LogP contribution < -0.4 is 14.8 Å². The molecule has 1 aliphatic carbocycles. The molecule has 1 amide bonds. The molecule has 0 bridgehead atoms. The van der Waals surface area contributed by atoms with E-state index in [-0.39, 0.29) is 29.4 Å². The van der Waals surface area contributed by atoms with Gasteiger partial charge in [0.1, 0.15) is 19.0 Å². The first kappa shape index (κ1) is 18.9. The molecule has 6 nitrogen and oxygen atoms in total. The average Bonchev–Trinajstić information content (AvgIpc) is 2.95. The molecule has 1 aliphatic heterocycles. The molecule has 1 N–H and O–H groups in total. The van der Waals surface area contributed by atoms with Gasteiger partial charge in [0.25, 0.3) is 5.91 Å². The van der Waals surface area contributed by atoms with Crippen molar-refractivity contribution in [2.75, 3.05) is 13.2 Å². The Morgan fingerprint density at radius 3 is 2.75 bits per heavy atom. The maximum atomic E-state index is 12.7. The number of Topliss-reactive ketones (excluding diaryl/α,β-unsaturated/α-hetero) is 1. The number of furan rings is 1. The molecule has 0 saturated carbocycles. The quantitative estimate of drug-likeness (QED) is 0.834. The van der Waals surface area contributed by atoms with Gasteiger partial charge < -0.3 is 19.2 Å². The summed E-state index contributed by atoms with van der Waals surface area (Å²) in [7, 11) is 0. The van der Waals surface area contributed by atoms with Gasteiger partial charge in [-0.3, -0.25) is 9.59 Å². The first-order valence-electron chi connectivity index (χ1n) is 9.27. The zero-order chi connectivity index (χ0) is 20.1. The molecule has 2 aromatic rings. The van der Waals surface area contributed by atoms with E-state index in [1.54, 1.807) is 19.1 Å². The molecule has 1 aromatic heterocycles. The van der Waals surface area contributed by atoms with Crippen LogP contribution in [0.4, 0.5) is 0 Å². The summed E-state index contributed by atoms with van der Waals surface area (Å²) in [6, 6.07) is 3.54. The summed E-state index contributed by atoms with van der Waals surface area (Å²) in [6.07, 6.45) is 1.09. The van der Waals surface area contributed by atoms with Gasteiger partial charge in [0.05, 0.1) is 10.6 Å². The number of rotatable bonds is 3. The Hall–Kier alpha value is -2.47. The van der Waals surface area contributed by atoms with Gasteiger partial charge in [-0.2, -0.15) is 0 Å². The lowest BCUT2D eigenvalue weighted by Gasteiger charge is -2.27. The zero-order valence-corrected chi connectivity index (χ0v) is 16.9. The predicted molar refractivity (Wildman–Crippen MR) is 103 cm³/mol. The van der Waals surface area contributed by atoms with Crippen molar-refractivity contribution in [2.45, 2.75) is 40.2 Å². The van der Waals surface area contributed by atoms with Gasteiger partial charge in [-0.25, -0.2) is 0 Å². The molecule has 0 spiro atoms. The molecular weight excluding hydrogens is 382 g/mol. The van der Waals surface area contributed by atoms with Crippen LogP contribution in [0.15, 0.2) is 16.5 Å². The summed E-state index contributed by atoms with van der Waals surface area (Å²) in [4.78, 5) is 25.2. The molecule has 0 atom stereocenters. The lowest BCUT2D eigenvalue weighted by atomic mass is 9.76. The van der Waals surface area contributed by atoms with E-state index in [1.807, 2.05) is 13.8 Å². The van der Waals surface area contributed by atoms with Crippen molar-refractivity contribution in [3.8, 4) is 11.5 Å². The number of hydrogen-bond acceptors (Lipinski definition) is 5. The number of halogens is 1. The molecule has 2 heterocycles. The summed E-state index contributed by atoms with van der Waals surface area (Å²) in [5.74, 6) is 1.57. The van der Waals surface area contributed by atoms with Crippen LogP contribution in [0.25, 0.3) is 0 Å². The molecular formula is C21H22ClNO5. The highest BCUT2D eigenvalue weighted by atomic mass is 35.5. The van der Waals surface area contributed by atoms with Crippen LogP contribution in [0.3, 0.4) is 0 Å². The molecule has 0 fully saturated rings. The Morgan fingerprint density at radius 2 is 1.96 bits per heavy atom. The van der Waals surface area contributed by atoms with E-state index in [4.69, 9.17) is 25.5 Å². The highest BCUT2D eigenvalue weighted by Crippen LogP contribution is 2.39. The average molecular weight is 404 g/mol. The van der Waals surface area contributed by atoms with Gasteiger partial charge in [0.15, 0.2) is 23.0 Å². The number of carbonyl (C=O) groups is 2. The van der Waals surface area contributed by atoms with Crippen molar-refractivity contribution in [1.29, 1.82) is 0 Å². The molecule has 0 radical (unpaired) electrons. The van der Waals surface area contributed by atoms with Crippen molar-refractivity contribution >= 4 is 23.3 Å². The highest BCUT2D eigenvalue weighted by Gasteiger charge is 2.37. The van der Waals surface area contributed by atoms with Gasteiger partial charge in [-0.15, -0.1) is 0 Å². The Bertz CT molecular complexity index is 976. The summed E-state index contributed by atoms with van der Waals surface area (Å²) in [5, 5.41) is 3.28. The minimum absolute atomic E-state index is 0.0326. The monoisotopic (exact) mass is 403 g/mol. The lowest BCUT2D eigenvalue weighted by Crippen LogP contribution is -2.26. The van der Waals surface area contributed by atoms with E-state index in [9.17, 15) is 9.59 Å². The Labute approximate surface area is 168 Å². The number of hydrogen-bond donors (Lipinski definition) is 1. The minimum atomic E-state index is -0.358. The van der Waals surface area contributed by atoms with Crippen molar-refractivity contribution in [3.05, 3.63) is 45.4 Å². The zero-order valence-electron chi connectivity index (χ0n) is 16.1. The van der Waals surface area contributed by atoms with Crippen LogP contribution in [0.2, 0.25) is 5.02 Å². The first-order valence-corrected chi connectivity index (χ1v) is 9.65. The number of benzene rings is 1. The summed E-state index contributed by atoms with van der Waals surface area (Å²) >= 11 is 6.24. The summed E-state index contributed by atoms with van der Waals surface area (Å²) < 4.78 is 16.9. The highest BCUT2D eigenvalue weighted by molar-refractivity contribution is 6.32. The van der Waals surface area contributed by atoms with Crippen LogP contribution >= 0.6 is 11.6 Å². The smallest absolute Gasteiger partial charge is 0.287 e. The molecule has 4 rings (SSSR count). The molecule has 0 unspecified atom stereocenters. The van der Waals surface area contributed by atoms with Crippen LogP contribution in [-0.2, 0) is 13.0 Å². The van der Waals surface area contributed by atoms with Crippen LogP contribution in [0.1, 0.15) is 58.1 Å². The third kappa shape index (κ3) is 3.37. The lowest BCUT2D eigenvalue weighted by molar-refractivity contribution is 0.0888. The predicted octanol–water partition coefficient (Wildman–Crippen LogP) is 4.10. The third-order valence-corrected chi connectivity index (χ3v) is 5.37. The second-order valence-electron chi connectivity index (χ2n) is 8.08. The van der Waals surface area contributed by atoms with E-state index in [1.165, 1.54) is 0 Å². The fourth-order valence-corrected chi connectivity index (χ4v) is 4.12. The van der Waals surface area contributed by atoms with Gasteiger partial charge >= 0.3 is 0 Å². The number of ether oxygens (including phenoxy) is 2. The first-order chi connectivity index (χ1) is 13.2. The van der Waals surface area contributed by atoms with E-state index >= 15 is 0 Å². The van der Waals surface area contributed by atoms with Crippen molar-refractivity contribution in [2.24, 2.45) is 5.41 Å². The van der Waals surface area contributed by atoms with Gasteiger partial charge in [0.2, 0.25) is 0 Å². The summed E-state index contributed by atoms with van der Waals surface area (Å²) in [6.45, 7) is 6.98. The second kappa shape index (κ2) is 6.85. The molecule has 7 heteroatoms. The van der Waals surface area contributed by atoms with Crippen LogP contribution in [-0.4, -0.2) is 24.9 Å². The van der Waals surface area contributed by atoms with Crippen molar-refractivity contribution in [3.63, 3.8) is 0 Å². The maximum absolute atomic E-state index is 12.7. The van der Waals surface area contributed by atoms with Crippen LogP contribution in [0.5, 0.6) is 11.5 Å². The maximum Gasteiger partial charge on any atom is 0.287 e. The van der Waals surface area contributed by atoms with Crippen LogP contribution in [0, 0.1) is 12.3 Å². The molecule has 2 aliphatic rings. The second-order valence-corrected chi connectivity index (χ2v) is 8.49. The van der Waals surface area contributed by atoms with E-state index in [2.05, 4.69) is 5.32 Å². The molecule has 148 valence electrons. The van der Waals surface area contributed by atoms with Crippen molar-refractivity contribution < 1.29 is 23.5 Å². The number of fused-ring (bicyclic) bond motifs is 2. The van der Waals surface area contributed by atoms with E-state index in [0.29, 0.717) is 59.5 Å². The van der Waals surface area contributed by atoms with Crippen molar-refractivity contribution in [1.82, 2.24) is 5.32 Å². The SMILES string of the molecule is Cc1c(C(=O)NCc2cc(Cl)c3c(c2)OCCO3)oc2c1C(=O)CC(C)(C)C2. The molecule has 0 saturated heterocycles. The van der Waals surface area contributed by atoms with E-state index < -0.39 is 0 Å². The van der Waals surface area contributed by atoms with Gasteiger partial charge in [0, 0.05) is 24.9 Å². The standard InChI is InChI=1S/C21H22ClNO5/c1-11-17-14(24)8-21(2,3)9-16(17)28-18(11)20(25)23-10-12-6-13(22)19-15(7-12)26-4-5-27-19/h6-7H,4-5,8-10H2,1-3H3,(H,23,25). The number of amides is 1. The minimum Gasteiger partial charge on any atom is -0.486 e. The third-order valence-electron chi connectivity index (χ3n) is 5.09. The number of nitrogens with one attached hydrogen (secondary N) is 1. The van der Waals surface area contributed by atoms with E-state index in [0.717, 1.165) is 5.56 Å². The topological polar surface area (TPSA) is 77.8 Å². The number of ketones is 1. The number of carbonyl (C=O) groups excluding carboxylic acids is 2. The molecule has 28 heavy (non-hydrogen) atoms. The summed E-state index contributed by atoms with van der Waals surface area (Å²) in [5.41, 5.74) is 1.79. The fourth-order valence-electron chi connectivity index (χ4n) is 3.83. The largest absolute Gasteiger partial charge is 0.486 e. The fraction of sp³-hybridized carbons (Fsp3) is 0.429. The normalized spacial score (nSPS) is 17.2. The Morgan fingerprint density at radius 1 is 1.21 bits per heavy atom. The Kier molecular flexibility index (Phi) is 4.62. The van der Waals surface area contributed by atoms with Gasteiger partial charge in [-0.1, -0.05) is 25.4 Å².